The quantitative estimate of drug-likeness (QED) is 0.191. The van der Waals surface area contributed by atoms with E-state index in [0.717, 1.165) is 6.61 Å². The molecule has 1 nitrogen and oxygen atoms in total. The zero-order valence-corrected chi connectivity index (χ0v) is 25.1. The molecule has 0 bridgehead atoms. The van der Waals surface area contributed by atoms with E-state index in [-0.39, 0.29) is 22.0 Å². The van der Waals surface area contributed by atoms with Gasteiger partial charge in [0.2, 0.25) is 0 Å². The van der Waals surface area contributed by atoms with Crippen molar-refractivity contribution in [3.63, 3.8) is 0 Å². The van der Waals surface area contributed by atoms with Crippen LogP contribution in [0.3, 0.4) is 0 Å². The number of hydrogen-bond donors (Lipinski definition) is 0. The molecule has 0 aromatic heterocycles. The molecule has 3 rings (SSSR count). The van der Waals surface area contributed by atoms with Crippen LogP contribution in [-0.4, -0.2) is 21.1 Å². The highest BCUT2D eigenvalue weighted by Gasteiger charge is 2.44. The Morgan fingerprint density at radius 3 is 1.38 bits per heavy atom. The second-order valence-electron chi connectivity index (χ2n) is 10.6. The highest BCUT2D eigenvalue weighted by Crippen LogP contribution is 2.56. The summed E-state index contributed by atoms with van der Waals surface area (Å²) in [4.78, 5) is 0. The molecule has 0 atom stereocenters. The first-order chi connectivity index (χ1) is 15.8. The standard InChI is InChI=1S/C30H42OPSi.BrH/c1-30(2,3)33(4,5)31-25-17-6-7-18-26-32(27-19-11-8-12-20-27,28-21-13-9-14-22-28)29-23-15-10-16-24-29;/h8-16,19-24H,6-7,17-18,25-26H2,1-5H3;1H/q+1;/p-1. The fraction of sp³-hybridized carbons (Fsp3) is 0.400. The van der Waals surface area contributed by atoms with E-state index in [2.05, 4.69) is 125 Å². The lowest BCUT2D eigenvalue weighted by atomic mass is 10.2. The van der Waals surface area contributed by atoms with Crippen LogP contribution in [-0.2, 0) is 4.43 Å². The monoisotopic (exact) mass is 556 g/mol. The molecule has 3 aromatic rings. The maximum atomic E-state index is 6.40. The van der Waals surface area contributed by atoms with Crippen LogP contribution in [0.15, 0.2) is 91.0 Å². The molecule has 4 heteroatoms. The number of unbranched alkanes of at least 4 members (excludes halogenated alkanes) is 3. The molecule has 0 spiro atoms. The summed E-state index contributed by atoms with van der Waals surface area (Å²) in [5.74, 6) is 0. The lowest BCUT2D eigenvalue weighted by Crippen LogP contribution is -3.00. The van der Waals surface area contributed by atoms with Crippen LogP contribution in [0.2, 0.25) is 18.1 Å². The van der Waals surface area contributed by atoms with Gasteiger partial charge in [-0.2, -0.15) is 0 Å². The van der Waals surface area contributed by atoms with Gasteiger partial charge in [-0.1, -0.05) is 81.8 Å². The average Bonchev–Trinajstić information content (AvgIpc) is 2.82. The Kier molecular flexibility index (Phi) is 11.2. The molecular formula is C30H42BrOPSi. The van der Waals surface area contributed by atoms with Crippen molar-refractivity contribution in [2.75, 3.05) is 12.8 Å². The molecule has 0 N–H and O–H groups in total. The Morgan fingerprint density at radius 2 is 1.00 bits per heavy atom. The number of hydrogen-bond acceptors (Lipinski definition) is 1. The zero-order valence-electron chi connectivity index (χ0n) is 21.6. The largest absolute Gasteiger partial charge is 1.00 e. The molecule has 34 heavy (non-hydrogen) atoms. The van der Waals surface area contributed by atoms with E-state index in [9.17, 15) is 0 Å². The summed E-state index contributed by atoms with van der Waals surface area (Å²) < 4.78 is 6.40. The maximum absolute atomic E-state index is 6.40. The molecule has 0 saturated heterocycles. The van der Waals surface area contributed by atoms with Gasteiger partial charge in [-0.25, -0.2) is 0 Å². The Labute approximate surface area is 220 Å². The third-order valence-corrected chi connectivity index (χ3v) is 16.3. The minimum atomic E-state index is -1.68. The van der Waals surface area contributed by atoms with Gasteiger partial charge in [0.15, 0.2) is 8.32 Å². The van der Waals surface area contributed by atoms with Crippen LogP contribution in [0.1, 0.15) is 46.5 Å². The number of benzene rings is 3. The van der Waals surface area contributed by atoms with Crippen LogP contribution in [0.4, 0.5) is 0 Å². The van der Waals surface area contributed by atoms with Crippen molar-refractivity contribution >= 4 is 31.5 Å². The van der Waals surface area contributed by atoms with Gasteiger partial charge in [0, 0.05) is 6.61 Å². The second-order valence-corrected chi connectivity index (χ2v) is 19.0. The first-order valence-corrected chi connectivity index (χ1v) is 17.3. The van der Waals surface area contributed by atoms with Gasteiger partial charge in [0.05, 0.1) is 6.16 Å². The summed E-state index contributed by atoms with van der Waals surface area (Å²) >= 11 is 0. The van der Waals surface area contributed by atoms with Gasteiger partial charge in [-0.15, -0.1) is 0 Å². The van der Waals surface area contributed by atoms with Crippen LogP contribution in [0.25, 0.3) is 0 Å². The Hall–Kier alpha value is -1.25. The van der Waals surface area contributed by atoms with Crippen LogP contribution >= 0.6 is 7.26 Å². The van der Waals surface area contributed by atoms with E-state index in [1.165, 1.54) is 47.8 Å². The first kappa shape index (κ1) is 29.0. The summed E-state index contributed by atoms with van der Waals surface area (Å²) in [5.41, 5.74) is 0. The zero-order chi connectivity index (χ0) is 23.8. The second kappa shape index (κ2) is 13.2. The van der Waals surface area contributed by atoms with Crippen molar-refractivity contribution in [1.82, 2.24) is 0 Å². The van der Waals surface area contributed by atoms with Crippen molar-refractivity contribution in [1.29, 1.82) is 0 Å². The summed E-state index contributed by atoms with van der Waals surface area (Å²) in [6, 6.07) is 33.7. The third-order valence-electron chi connectivity index (χ3n) is 7.25. The molecule has 0 aliphatic heterocycles. The van der Waals surface area contributed by atoms with E-state index in [1.54, 1.807) is 0 Å². The lowest BCUT2D eigenvalue weighted by Gasteiger charge is -2.36. The molecule has 184 valence electrons. The van der Waals surface area contributed by atoms with Crippen molar-refractivity contribution in [2.45, 2.75) is 64.6 Å². The summed E-state index contributed by atoms with van der Waals surface area (Å²) in [6.07, 6.45) is 6.13. The molecule has 0 fully saturated rings. The van der Waals surface area contributed by atoms with Gasteiger partial charge in [0.1, 0.15) is 23.2 Å². The molecule has 0 unspecified atom stereocenters. The Balaban J connectivity index is 0.00000408. The van der Waals surface area contributed by atoms with Gasteiger partial charge in [-0.05, 0) is 73.8 Å². The Morgan fingerprint density at radius 1 is 0.618 bits per heavy atom. The molecule has 0 heterocycles. The maximum Gasteiger partial charge on any atom is 0.191 e. The molecule has 0 aliphatic carbocycles. The summed E-state index contributed by atoms with van der Waals surface area (Å²) in [5, 5.41) is 4.76. The van der Waals surface area contributed by atoms with E-state index >= 15 is 0 Å². The molecule has 0 aliphatic rings. The fourth-order valence-corrected chi connectivity index (χ4v) is 9.73. The van der Waals surface area contributed by atoms with Crippen LogP contribution < -0.4 is 32.9 Å². The lowest BCUT2D eigenvalue weighted by molar-refractivity contribution is -0.00000785. The van der Waals surface area contributed by atoms with Gasteiger partial charge in [-0.3, -0.25) is 0 Å². The SMILES string of the molecule is CC(C)(C)[Si](C)(C)OCCCCCC[P+](c1ccccc1)(c1ccccc1)c1ccccc1.[Br-]. The number of rotatable bonds is 11. The smallest absolute Gasteiger partial charge is 0.191 e. The summed E-state index contributed by atoms with van der Waals surface area (Å²) in [7, 11) is -3.31. The topological polar surface area (TPSA) is 9.23 Å². The van der Waals surface area contributed by atoms with E-state index < -0.39 is 15.6 Å². The van der Waals surface area contributed by atoms with Crippen LogP contribution in [0.5, 0.6) is 0 Å². The minimum absolute atomic E-state index is 0. The molecule has 0 saturated carbocycles. The van der Waals surface area contributed by atoms with Gasteiger partial charge >= 0.3 is 0 Å². The minimum Gasteiger partial charge on any atom is -1.00 e. The molecule has 0 radical (unpaired) electrons. The van der Waals surface area contributed by atoms with Gasteiger partial charge in [0.25, 0.3) is 0 Å². The van der Waals surface area contributed by atoms with E-state index in [0.29, 0.717) is 0 Å². The summed E-state index contributed by atoms with van der Waals surface area (Å²) in [6.45, 7) is 12.6. The van der Waals surface area contributed by atoms with Crippen LogP contribution in [0, 0.1) is 0 Å². The van der Waals surface area contributed by atoms with Crippen molar-refractivity contribution in [3.05, 3.63) is 91.0 Å². The third kappa shape index (κ3) is 7.14. The highest BCUT2D eigenvalue weighted by atomic mass is 79.9. The van der Waals surface area contributed by atoms with E-state index in [1.807, 2.05) is 0 Å². The normalized spacial score (nSPS) is 12.3. The average molecular weight is 558 g/mol. The van der Waals surface area contributed by atoms with Crippen molar-refractivity contribution < 1.29 is 21.4 Å². The molecule has 0 amide bonds. The number of halogens is 1. The predicted octanol–water partition coefficient (Wildman–Crippen LogP) is 4.57. The highest BCUT2D eigenvalue weighted by molar-refractivity contribution is 7.95. The first-order valence-electron chi connectivity index (χ1n) is 12.5. The van der Waals surface area contributed by atoms with Gasteiger partial charge < -0.3 is 21.4 Å². The Bertz CT molecular complexity index is 859. The van der Waals surface area contributed by atoms with Crippen molar-refractivity contribution in [3.8, 4) is 0 Å². The molecule has 3 aromatic carbocycles. The van der Waals surface area contributed by atoms with Crippen molar-refractivity contribution in [2.24, 2.45) is 0 Å². The molecular weight excluding hydrogens is 515 g/mol. The van der Waals surface area contributed by atoms with E-state index in [4.69, 9.17) is 4.43 Å². The predicted molar refractivity (Wildman–Crippen MR) is 152 cm³/mol. The fourth-order valence-electron chi connectivity index (χ4n) is 4.23.